The van der Waals surface area contributed by atoms with Crippen molar-refractivity contribution in [2.75, 3.05) is 26.2 Å². The predicted octanol–water partition coefficient (Wildman–Crippen LogP) is 2.98. The number of nitro benzene ring substituents is 1. The van der Waals surface area contributed by atoms with E-state index in [1.165, 1.54) is 0 Å². The predicted molar refractivity (Wildman–Crippen MR) is 70.9 cm³/mol. The van der Waals surface area contributed by atoms with Crippen LogP contribution in [0.5, 0.6) is 5.75 Å². The number of hydrogen-bond donors (Lipinski definition) is 0. The number of rotatable bonds is 8. The van der Waals surface area contributed by atoms with Gasteiger partial charge in [-0.3, -0.25) is 10.1 Å². The van der Waals surface area contributed by atoms with E-state index in [2.05, 4.69) is 4.90 Å². The van der Waals surface area contributed by atoms with Gasteiger partial charge < -0.3 is 9.64 Å². The maximum absolute atomic E-state index is 13.3. The van der Waals surface area contributed by atoms with E-state index < -0.39 is 22.2 Å². The number of ether oxygens (including phenoxy) is 1. The average molecular weight is 288 g/mol. The van der Waals surface area contributed by atoms with Crippen LogP contribution in [0.2, 0.25) is 0 Å². The van der Waals surface area contributed by atoms with Crippen LogP contribution in [0.1, 0.15) is 20.3 Å². The summed E-state index contributed by atoms with van der Waals surface area (Å²) in [5.74, 6) is -2.49. The number of benzene rings is 1. The number of nitrogens with zero attached hydrogens (tertiary/aromatic N) is 2. The molecule has 0 bridgehead atoms. The van der Waals surface area contributed by atoms with Crippen LogP contribution in [0.25, 0.3) is 0 Å². The Labute approximate surface area is 116 Å². The Balaban J connectivity index is 2.66. The molecule has 0 radical (unpaired) electrons. The van der Waals surface area contributed by atoms with E-state index in [1.807, 2.05) is 13.8 Å². The van der Waals surface area contributed by atoms with Gasteiger partial charge in [-0.05, 0) is 19.5 Å². The van der Waals surface area contributed by atoms with E-state index in [1.54, 1.807) is 0 Å². The van der Waals surface area contributed by atoms with Crippen LogP contribution in [-0.2, 0) is 0 Å². The van der Waals surface area contributed by atoms with Gasteiger partial charge in [0, 0.05) is 18.7 Å². The summed E-state index contributed by atoms with van der Waals surface area (Å²) in [7, 11) is 0. The second-order valence-corrected chi connectivity index (χ2v) is 4.22. The zero-order valence-corrected chi connectivity index (χ0v) is 11.6. The van der Waals surface area contributed by atoms with Gasteiger partial charge in [-0.15, -0.1) is 0 Å². The lowest BCUT2D eigenvalue weighted by Crippen LogP contribution is -2.25. The minimum absolute atomic E-state index is 0.167. The van der Waals surface area contributed by atoms with Crippen LogP contribution in [0.3, 0.4) is 0 Å². The van der Waals surface area contributed by atoms with Gasteiger partial charge in [-0.2, -0.15) is 4.39 Å². The molecule has 0 aliphatic heterocycles. The summed E-state index contributed by atoms with van der Waals surface area (Å²) in [5, 5.41) is 10.7. The molecule has 7 heteroatoms. The second-order valence-electron chi connectivity index (χ2n) is 4.22. The fraction of sp³-hybridized carbons (Fsp3) is 0.538. The first-order chi connectivity index (χ1) is 9.49. The smallest absolute Gasteiger partial charge is 0.346 e. The van der Waals surface area contributed by atoms with E-state index in [9.17, 15) is 18.9 Å². The fourth-order valence-corrected chi connectivity index (χ4v) is 1.84. The molecule has 0 aliphatic carbocycles. The Bertz CT molecular complexity index is 465. The molecule has 0 aromatic heterocycles. The molecule has 0 saturated heterocycles. The third-order valence-corrected chi connectivity index (χ3v) is 2.95. The number of hydrogen-bond acceptors (Lipinski definition) is 4. The van der Waals surface area contributed by atoms with Crippen molar-refractivity contribution in [3.05, 3.63) is 33.9 Å². The summed E-state index contributed by atoms with van der Waals surface area (Å²) in [6.45, 7) is 6.77. The lowest BCUT2D eigenvalue weighted by molar-refractivity contribution is -0.388. The molecule has 20 heavy (non-hydrogen) atoms. The van der Waals surface area contributed by atoms with Gasteiger partial charge >= 0.3 is 5.69 Å². The highest BCUT2D eigenvalue weighted by molar-refractivity contribution is 5.47. The molecule has 112 valence electrons. The molecule has 0 fully saturated rings. The first kappa shape index (κ1) is 16.3. The fourth-order valence-electron chi connectivity index (χ4n) is 1.84. The quantitative estimate of drug-likeness (QED) is 0.419. The Morgan fingerprint density at radius 1 is 1.30 bits per heavy atom. The molecule has 1 rings (SSSR count). The van der Waals surface area contributed by atoms with Gasteiger partial charge in [0.05, 0.1) is 11.5 Å². The van der Waals surface area contributed by atoms with Crippen LogP contribution < -0.4 is 4.74 Å². The van der Waals surface area contributed by atoms with Crippen LogP contribution in [0.4, 0.5) is 14.5 Å². The van der Waals surface area contributed by atoms with E-state index in [0.717, 1.165) is 25.7 Å². The summed E-state index contributed by atoms with van der Waals surface area (Å²) in [5.41, 5.74) is -0.825. The summed E-state index contributed by atoms with van der Waals surface area (Å²) in [4.78, 5) is 12.0. The highest BCUT2D eigenvalue weighted by Crippen LogP contribution is 2.31. The van der Waals surface area contributed by atoms with Crippen LogP contribution in [0.15, 0.2) is 12.1 Å². The SMILES string of the molecule is CCN(CC)CCCOc1cc(F)cc(F)c1[N+](=O)[O-]. The molecule has 0 N–H and O–H groups in total. The molecule has 0 heterocycles. The highest BCUT2D eigenvalue weighted by Gasteiger charge is 2.23. The highest BCUT2D eigenvalue weighted by atomic mass is 19.1. The molecule has 0 spiro atoms. The Morgan fingerprint density at radius 2 is 1.95 bits per heavy atom. The first-order valence-corrected chi connectivity index (χ1v) is 6.48. The molecule has 5 nitrogen and oxygen atoms in total. The molecule has 1 aromatic carbocycles. The Kier molecular flexibility index (Phi) is 6.30. The van der Waals surface area contributed by atoms with Crippen molar-refractivity contribution in [2.24, 2.45) is 0 Å². The van der Waals surface area contributed by atoms with Crippen LogP contribution >= 0.6 is 0 Å². The molecule has 0 atom stereocenters. The van der Waals surface area contributed by atoms with Gasteiger partial charge in [-0.25, -0.2) is 4.39 Å². The molecule has 0 saturated carbocycles. The van der Waals surface area contributed by atoms with Gasteiger partial charge in [0.1, 0.15) is 5.82 Å². The Hall–Kier alpha value is -1.76. The van der Waals surface area contributed by atoms with Crippen molar-refractivity contribution in [1.29, 1.82) is 0 Å². The van der Waals surface area contributed by atoms with E-state index in [-0.39, 0.29) is 12.4 Å². The van der Waals surface area contributed by atoms with Crippen molar-refractivity contribution >= 4 is 5.69 Å². The zero-order valence-electron chi connectivity index (χ0n) is 11.6. The van der Waals surface area contributed by atoms with E-state index in [0.29, 0.717) is 12.5 Å². The summed E-state index contributed by atoms with van der Waals surface area (Å²) in [6.07, 6.45) is 0.622. The van der Waals surface area contributed by atoms with Gasteiger partial charge in [0.15, 0.2) is 0 Å². The normalized spacial score (nSPS) is 10.8. The third-order valence-electron chi connectivity index (χ3n) is 2.95. The second kappa shape index (κ2) is 7.74. The largest absolute Gasteiger partial charge is 0.487 e. The van der Waals surface area contributed by atoms with Crippen molar-refractivity contribution in [3.63, 3.8) is 0 Å². The summed E-state index contributed by atoms with van der Waals surface area (Å²) < 4.78 is 31.6. The van der Waals surface area contributed by atoms with Crippen molar-refractivity contribution in [3.8, 4) is 5.75 Å². The van der Waals surface area contributed by atoms with E-state index in [4.69, 9.17) is 4.74 Å². The lowest BCUT2D eigenvalue weighted by Gasteiger charge is -2.17. The van der Waals surface area contributed by atoms with Crippen molar-refractivity contribution in [1.82, 2.24) is 4.90 Å². The molecule has 0 unspecified atom stereocenters. The van der Waals surface area contributed by atoms with Gasteiger partial charge in [0.2, 0.25) is 11.6 Å². The van der Waals surface area contributed by atoms with Crippen LogP contribution in [-0.4, -0.2) is 36.1 Å². The number of nitro groups is 1. The van der Waals surface area contributed by atoms with Gasteiger partial charge in [-0.1, -0.05) is 13.8 Å². The minimum Gasteiger partial charge on any atom is -0.487 e. The molecular formula is C13H18F2N2O3. The Morgan fingerprint density at radius 3 is 2.50 bits per heavy atom. The maximum Gasteiger partial charge on any atom is 0.346 e. The standard InChI is InChI=1S/C13H18F2N2O3/c1-3-16(4-2)6-5-7-20-12-9-10(14)8-11(15)13(12)17(18)19/h8-9H,3-7H2,1-2H3. The molecule has 0 aliphatic rings. The molecular weight excluding hydrogens is 270 g/mol. The molecule has 1 aromatic rings. The first-order valence-electron chi connectivity index (χ1n) is 6.48. The topological polar surface area (TPSA) is 55.6 Å². The lowest BCUT2D eigenvalue weighted by atomic mass is 10.2. The maximum atomic E-state index is 13.3. The van der Waals surface area contributed by atoms with E-state index >= 15 is 0 Å². The van der Waals surface area contributed by atoms with Crippen molar-refractivity contribution in [2.45, 2.75) is 20.3 Å². The monoisotopic (exact) mass is 288 g/mol. The minimum atomic E-state index is -1.23. The molecule has 0 amide bonds. The van der Waals surface area contributed by atoms with Gasteiger partial charge in [0.25, 0.3) is 0 Å². The third kappa shape index (κ3) is 4.41. The summed E-state index contributed by atoms with van der Waals surface area (Å²) in [6, 6.07) is 1.31. The number of halogens is 2. The van der Waals surface area contributed by atoms with Crippen molar-refractivity contribution < 1.29 is 18.4 Å². The summed E-state index contributed by atoms with van der Waals surface area (Å²) >= 11 is 0. The average Bonchev–Trinajstić information content (AvgIpc) is 2.37. The van der Waals surface area contributed by atoms with Crippen LogP contribution in [0, 0.1) is 21.7 Å². The zero-order chi connectivity index (χ0) is 15.1.